The van der Waals surface area contributed by atoms with E-state index in [-0.39, 0.29) is 36.9 Å². The number of hydrogen-bond acceptors (Lipinski definition) is 6. The fourth-order valence-electron chi connectivity index (χ4n) is 4.65. The molecule has 4 N–H and O–H groups in total. The van der Waals surface area contributed by atoms with E-state index >= 15 is 0 Å². The average Bonchev–Trinajstić information content (AvgIpc) is 3.29. The molecule has 1 aliphatic rings. The van der Waals surface area contributed by atoms with Crippen LogP contribution in [0.4, 0.5) is 37.7 Å². The van der Waals surface area contributed by atoms with Crippen LogP contribution in [-0.2, 0) is 9.31 Å². The third kappa shape index (κ3) is 11.6. The molecule has 0 saturated carbocycles. The number of halogens is 7. The highest BCUT2D eigenvalue weighted by atomic mass is 79.9. The molecule has 5 rings (SSSR count). The highest BCUT2D eigenvalue weighted by molar-refractivity contribution is 9.10. The Labute approximate surface area is 314 Å². The summed E-state index contributed by atoms with van der Waals surface area (Å²) in [7, 11) is -0.353. The Morgan fingerprint density at radius 3 is 1.58 bits per heavy atom. The van der Waals surface area contributed by atoms with Gasteiger partial charge in [-0.3, -0.25) is 9.97 Å². The van der Waals surface area contributed by atoms with Crippen LogP contribution in [0.3, 0.4) is 0 Å². The standard InChI is InChI=1S/C15H12F3N3.C14H18BNO2.C7H6BrF3N2.CH4/c1-9-5-10(3-4-13(9)20-2)11-6-12(8-21-7-11)14(19)15(16,17)18;1-10-9-11(7-8-12(10)16-6)15-17-13(2,3)14(4,5)18-15;8-5-1-4(2-13-3-5)6(12)7(9,10)11;/h3-8,14H,19H2,1H3;7-9H,1-5H3;1-3,6H,12H2;1H4. The van der Waals surface area contributed by atoms with Crippen molar-refractivity contribution in [3.8, 4) is 11.1 Å². The summed E-state index contributed by atoms with van der Waals surface area (Å²) in [5, 5.41) is 0. The van der Waals surface area contributed by atoms with Gasteiger partial charge in [0, 0.05) is 34.8 Å². The maximum absolute atomic E-state index is 12.6. The minimum absolute atomic E-state index is 0. The highest BCUT2D eigenvalue weighted by Gasteiger charge is 2.51. The second-order valence-electron chi connectivity index (χ2n) is 12.8. The SMILES string of the molecule is C.NC(c1cncc(Br)c1)C(F)(F)F.[C-]#[N+]c1ccc(-c2cncc(C(N)C(F)(F)F)c2)cc1C.[C-]#[N+]c1ccc(B2OC(C)(C)C(C)(C)O2)cc1C. The van der Waals surface area contributed by atoms with Crippen LogP contribution in [0.2, 0.25) is 0 Å². The highest BCUT2D eigenvalue weighted by Crippen LogP contribution is 2.37. The van der Waals surface area contributed by atoms with Crippen LogP contribution in [0, 0.1) is 27.0 Å². The van der Waals surface area contributed by atoms with Crippen molar-refractivity contribution in [1.82, 2.24) is 9.97 Å². The lowest BCUT2D eigenvalue weighted by molar-refractivity contribution is -0.150. The first-order chi connectivity index (χ1) is 24.0. The molecule has 1 saturated heterocycles. The van der Waals surface area contributed by atoms with Crippen molar-refractivity contribution >= 4 is 39.9 Å². The lowest BCUT2D eigenvalue weighted by atomic mass is 9.78. The number of nitrogens with two attached hydrogens (primary N) is 2. The fraction of sp³-hybridized carbons (Fsp3) is 0.351. The summed E-state index contributed by atoms with van der Waals surface area (Å²) in [4.78, 5) is 14.2. The van der Waals surface area contributed by atoms with Gasteiger partial charge in [0.15, 0.2) is 11.4 Å². The Bertz CT molecular complexity index is 1940. The Morgan fingerprint density at radius 2 is 1.15 bits per heavy atom. The van der Waals surface area contributed by atoms with Crippen LogP contribution in [0.1, 0.15) is 69.5 Å². The Hall–Kier alpha value is -4.32. The normalized spacial score (nSPS) is 15.6. The fourth-order valence-corrected chi connectivity index (χ4v) is 5.03. The first-order valence-electron chi connectivity index (χ1n) is 15.5. The molecule has 53 heavy (non-hydrogen) atoms. The molecule has 3 heterocycles. The zero-order valence-electron chi connectivity index (χ0n) is 29.1. The quantitative estimate of drug-likeness (QED) is 0.121. The summed E-state index contributed by atoms with van der Waals surface area (Å²) in [6.07, 6.45) is -3.86. The lowest BCUT2D eigenvalue weighted by Gasteiger charge is -2.32. The van der Waals surface area contributed by atoms with Crippen molar-refractivity contribution in [2.45, 2.75) is 84.6 Å². The van der Waals surface area contributed by atoms with E-state index in [0.29, 0.717) is 27.0 Å². The number of rotatable bonds is 4. The summed E-state index contributed by atoms with van der Waals surface area (Å²) in [5.41, 5.74) is 14.4. The topological polar surface area (TPSA) is 105 Å². The van der Waals surface area contributed by atoms with Gasteiger partial charge in [-0.05, 0) is 103 Å². The van der Waals surface area contributed by atoms with Crippen LogP contribution in [-0.4, -0.2) is 40.6 Å². The molecule has 16 heteroatoms. The van der Waals surface area contributed by atoms with Gasteiger partial charge in [-0.1, -0.05) is 43.8 Å². The maximum Gasteiger partial charge on any atom is 0.494 e. The molecule has 0 spiro atoms. The maximum atomic E-state index is 12.6. The Kier molecular flexibility index (Phi) is 15.0. The first-order valence-corrected chi connectivity index (χ1v) is 16.3. The van der Waals surface area contributed by atoms with Gasteiger partial charge in [-0.25, -0.2) is 9.69 Å². The van der Waals surface area contributed by atoms with Crippen molar-refractivity contribution in [3.05, 3.63) is 123 Å². The molecule has 1 fully saturated rings. The third-order valence-electron chi connectivity index (χ3n) is 8.43. The van der Waals surface area contributed by atoms with Gasteiger partial charge in [-0.2, -0.15) is 26.3 Å². The molecule has 2 aromatic heterocycles. The van der Waals surface area contributed by atoms with Crippen molar-refractivity contribution in [2.24, 2.45) is 11.5 Å². The molecule has 1 aliphatic heterocycles. The van der Waals surface area contributed by atoms with Gasteiger partial charge in [0.25, 0.3) is 0 Å². The number of nitrogens with zero attached hydrogens (tertiary/aromatic N) is 4. The molecule has 2 unspecified atom stereocenters. The zero-order chi connectivity index (χ0) is 39.2. The summed E-state index contributed by atoms with van der Waals surface area (Å²) in [6.45, 7) is 25.9. The molecular formula is C37H40BBrF6N6O2. The molecule has 0 bridgehead atoms. The second-order valence-corrected chi connectivity index (χ2v) is 13.8. The molecule has 0 radical (unpaired) electrons. The van der Waals surface area contributed by atoms with Gasteiger partial charge < -0.3 is 20.8 Å². The molecular weight excluding hydrogens is 765 g/mol. The van der Waals surface area contributed by atoms with Gasteiger partial charge in [0.1, 0.15) is 12.1 Å². The average molecular weight is 805 g/mol. The largest absolute Gasteiger partial charge is 0.494 e. The van der Waals surface area contributed by atoms with Crippen LogP contribution in [0.25, 0.3) is 20.8 Å². The number of hydrogen-bond donors (Lipinski definition) is 2. The number of aryl methyl sites for hydroxylation is 2. The lowest BCUT2D eigenvalue weighted by Crippen LogP contribution is -2.41. The molecule has 282 valence electrons. The van der Waals surface area contributed by atoms with Crippen LogP contribution in [0.5, 0.6) is 0 Å². The van der Waals surface area contributed by atoms with E-state index in [4.69, 9.17) is 33.9 Å². The second kappa shape index (κ2) is 17.7. The predicted molar refractivity (Wildman–Crippen MR) is 198 cm³/mol. The molecule has 2 atom stereocenters. The minimum atomic E-state index is -4.51. The third-order valence-corrected chi connectivity index (χ3v) is 8.86. The van der Waals surface area contributed by atoms with Crippen molar-refractivity contribution in [2.75, 3.05) is 0 Å². The smallest absolute Gasteiger partial charge is 0.399 e. The molecule has 0 amide bonds. The van der Waals surface area contributed by atoms with E-state index in [2.05, 4.69) is 35.6 Å². The van der Waals surface area contributed by atoms with Crippen molar-refractivity contribution in [1.29, 1.82) is 0 Å². The van der Waals surface area contributed by atoms with E-state index in [1.807, 2.05) is 52.8 Å². The van der Waals surface area contributed by atoms with Gasteiger partial charge in [0.2, 0.25) is 0 Å². The summed E-state index contributed by atoms with van der Waals surface area (Å²) >= 11 is 3.01. The summed E-state index contributed by atoms with van der Waals surface area (Å²) in [5.74, 6) is 0. The van der Waals surface area contributed by atoms with Gasteiger partial charge >= 0.3 is 19.5 Å². The van der Waals surface area contributed by atoms with E-state index in [1.165, 1.54) is 24.5 Å². The van der Waals surface area contributed by atoms with Crippen LogP contribution >= 0.6 is 15.9 Å². The van der Waals surface area contributed by atoms with E-state index in [0.717, 1.165) is 29.0 Å². The number of aromatic nitrogens is 2. The predicted octanol–water partition coefficient (Wildman–Crippen LogP) is 10.1. The van der Waals surface area contributed by atoms with E-state index in [1.54, 1.807) is 25.1 Å². The van der Waals surface area contributed by atoms with Crippen molar-refractivity contribution < 1.29 is 35.7 Å². The number of pyridine rings is 2. The first kappa shape index (κ1) is 44.8. The minimum Gasteiger partial charge on any atom is -0.399 e. The molecule has 2 aromatic carbocycles. The van der Waals surface area contributed by atoms with Gasteiger partial charge in [-0.15, -0.1) is 0 Å². The number of alkyl halides is 6. The van der Waals surface area contributed by atoms with Gasteiger partial charge in [0.05, 0.1) is 24.3 Å². The molecule has 8 nitrogen and oxygen atoms in total. The summed E-state index contributed by atoms with van der Waals surface area (Å²) in [6, 6.07) is 9.39. The van der Waals surface area contributed by atoms with Crippen LogP contribution < -0.4 is 16.9 Å². The van der Waals surface area contributed by atoms with Crippen molar-refractivity contribution in [3.63, 3.8) is 0 Å². The van der Waals surface area contributed by atoms with E-state index in [9.17, 15) is 26.3 Å². The van der Waals surface area contributed by atoms with Crippen LogP contribution in [0.15, 0.2) is 77.8 Å². The Morgan fingerprint density at radius 1 is 0.698 bits per heavy atom. The summed E-state index contributed by atoms with van der Waals surface area (Å²) < 4.78 is 86.7. The van der Waals surface area contributed by atoms with E-state index < -0.39 is 24.4 Å². The zero-order valence-corrected chi connectivity index (χ0v) is 30.7. The Balaban J connectivity index is 0.000000280. The number of benzene rings is 2. The molecule has 4 aromatic rings. The monoisotopic (exact) mass is 804 g/mol. The molecule has 0 aliphatic carbocycles.